The number of aromatic nitrogens is 1. The molecule has 0 atom stereocenters. The molecule has 1 aromatic heterocycles. The lowest BCUT2D eigenvalue weighted by Crippen LogP contribution is -2.39. The van der Waals surface area contributed by atoms with Gasteiger partial charge in [-0.15, -0.1) is 0 Å². The fourth-order valence-corrected chi connectivity index (χ4v) is 2.76. The van der Waals surface area contributed by atoms with E-state index in [1.165, 1.54) is 5.56 Å². The topological polar surface area (TPSA) is 51.7 Å². The van der Waals surface area contributed by atoms with Crippen LogP contribution in [0.2, 0.25) is 0 Å². The summed E-state index contributed by atoms with van der Waals surface area (Å²) >= 11 is 0. The molecule has 0 fully saturated rings. The molecular formula is C20H24N2O3. The van der Waals surface area contributed by atoms with Crippen LogP contribution in [0.25, 0.3) is 0 Å². The lowest BCUT2D eigenvalue weighted by Gasteiger charge is -2.31. The Bertz CT molecular complexity index is 738. The summed E-state index contributed by atoms with van der Waals surface area (Å²) in [6, 6.07) is 9.96. The summed E-state index contributed by atoms with van der Waals surface area (Å²) in [6.45, 7) is 7.35. The quantitative estimate of drug-likeness (QED) is 0.849. The Morgan fingerprint density at radius 1 is 1.24 bits per heavy atom. The van der Waals surface area contributed by atoms with Crippen LogP contribution >= 0.6 is 0 Å². The average Bonchev–Trinajstić information content (AvgIpc) is 2.58. The molecule has 0 radical (unpaired) electrons. The molecule has 1 aliphatic rings. The maximum Gasteiger partial charge on any atom is 0.410 e. The van der Waals surface area contributed by atoms with E-state index in [-0.39, 0.29) is 6.09 Å². The summed E-state index contributed by atoms with van der Waals surface area (Å²) in [4.78, 5) is 18.1. The molecule has 0 aliphatic carbocycles. The van der Waals surface area contributed by atoms with E-state index < -0.39 is 5.60 Å². The van der Waals surface area contributed by atoms with Crippen LogP contribution in [0.1, 0.15) is 37.5 Å². The Labute approximate surface area is 148 Å². The molecule has 0 unspecified atom stereocenters. The van der Waals surface area contributed by atoms with Gasteiger partial charge in [-0.25, -0.2) is 4.79 Å². The van der Waals surface area contributed by atoms with Crippen molar-refractivity contribution < 1.29 is 14.3 Å². The number of nitrogens with zero attached hydrogens (tertiary/aromatic N) is 2. The third-order valence-corrected chi connectivity index (χ3v) is 3.97. The second kappa shape index (κ2) is 7.13. The van der Waals surface area contributed by atoms with Gasteiger partial charge in [-0.1, -0.05) is 12.1 Å². The lowest BCUT2D eigenvalue weighted by atomic mass is 10.00. The van der Waals surface area contributed by atoms with Crippen molar-refractivity contribution in [2.75, 3.05) is 6.54 Å². The number of amides is 1. The molecule has 132 valence electrons. The van der Waals surface area contributed by atoms with Gasteiger partial charge < -0.3 is 14.4 Å². The molecule has 0 saturated carbocycles. The fraction of sp³-hybridized carbons (Fsp3) is 0.400. The average molecular weight is 340 g/mol. The number of fused-ring (bicyclic) bond motifs is 1. The Hall–Kier alpha value is -2.56. The molecule has 1 amide bonds. The third-order valence-electron chi connectivity index (χ3n) is 3.97. The van der Waals surface area contributed by atoms with Gasteiger partial charge in [0.1, 0.15) is 18.0 Å². The Balaban J connectivity index is 1.66. The third kappa shape index (κ3) is 4.72. The minimum absolute atomic E-state index is 0.264. The van der Waals surface area contributed by atoms with Crippen molar-refractivity contribution in [1.29, 1.82) is 0 Å². The van der Waals surface area contributed by atoms with E-state index in [0.717, 1.165) is 23.3 Å². The van der Waals surface area contributed by atoms with Crippen molar-refractivity contribution in [2.45, 2.75) is 45.9 Å². The highest BCUT2D eigenvalue weighted by Gasteiger charge is 2.25. The lowest BCUT2D eigenvalue weighted by molar-refractivity contribution is 0.0223. The smallest absolute Gasteiger partial charge is 0.410 e. The van der Waals surface area contributed by atoms with E-state index in [9.17, 15) is 4.79 Å². The monoisotopic (exact) mass is 340 g/mol. The van der Waals surface area contributed by atoms with Gasteiger partial charge in [0.2, 0.25) is 0 Å². The van der Waals surface area contributed by atoms with Crippen LogP contribution in [0.3, 0.4) is 0 Å². The van der Waals surface area contributed by atoms with Crippen LogP contribution in [0.15, 0.2) is 42.7 Å². The maximum absolute atomic E-state index is 12.3. The van der Waals surface area contributed by atoms with Crippen LogP contribution in [-0.4, -0.2) is 28.1 Å². The largest absolute Gasteiger partial charge is 0.489 e. The van der Waals surface area contributed by atoms with Crippen LogP contribution in [-0.2, 0) is 24.3 Å². The molecule has 5 heteroatoms. The SMILES string of the molecule is CC(C)(C)OC(=O)N1CCc2ccc(OCc3cccnc3)cc2C1. The Morgan fingerprint density at radius 2 is 2.08 bits per heavy atom. The first-order valence-electron chi connectivity index (χ1n) is 8.52. The van der Waals surface area contributed by atoms with Gasteiger partial charge in [-0.05, 0) is 56.5 Å². The normalized spacial score (nSPS) is 14.0. The van der Waals surface area contributed by atoms with Gasteiger partial charge in [0.25, 0.3) is 0 Å². The molecule has 0 spiro atoms. The maximum atomic E-state index is 12.3. The first-order valence-corrected chi connectivity index (χ1v) is 8.52. The van der Waals surface area contributed by atoms with E-state index in [1.54, 1.807) is 17.3 Å². The summed E-state index contributed by atoms with van der Waals surface area (Å²) in [6.07, 6.45) is 4.10. The molecule has 1 aliphatic heterocycles. The predicted octanol–water partition coefficient (Wildman–Crippen LogP) is 3.95. The second-order valence-electron chi connectivity index (χ2n) is 7.23. The summed E-state index contributed by atoms with van der Waals surface area (Å²) in [7, 11) is 0. The molecule has 0 saturated heterocycles. The summed E-state index contributed by atoms with van der Waals surface area (Å²) in [5.41, 5.74) is 2.91. The van der Waals surface area contributed by atoms with Gasteiger partial charge >= 0.3 is 6.09 Å². The van der Waals surface area contributed by atoms with Gasteiger partial charge in [-0.3, -0.25) is 4.98 Å². The minimum atomic E-state index is -0.480. The van der Waals surface area contributed by atoms with Crippen molar-refractivity contribution in [3.8, 4) is 5.75 Å². The highest BCUT2D eigenvalue weighted by Crippen LogP contribution is 2.25. The van der Waals surface area contributed by atoms with Crippen LogP contribution in [0.4, 0.5) is 4.79 Å². The first kappa shape index (κ1) is 17.3. The van der Waals surface area contributed by atoms with E-state index in [1.807, 2.05) is 45.0 Å². The molecule has 25 heavy (non-hydrogen) atoms. The van der Waals surface area contributed by atoms with Crippen LogP contribution in [0.5, 0.6) is 5.75 Å². The zero-order valence-electron chi connectivity index (χ0n) is 15.0. The van der Waals surface area contributed by atoms with Crippen molar-refractivity contribution in [1.82, 2.24) is 9.88 Å². The van der Waals surface area contributed by atoms with Crippen molar-refractivity contribution in [3.63, 3.8) is 0 Å². The molecule has 2 heterocycles. The standard InChI is InChI=1S/C20H24N2O3/c1-20(2,3)25-19(23)22-10-8-16-6-7-18(11-17(16)13-22)24-14-15-5-4-9-21-12-15/h4-7,9,11-12H,8,10,13-14H2,1-3H3. The number of carbonyl (C=O) groups is 1. The summed E-state index contributed by atoms with van der Waals surface area (Å²) < 4.78 is 11.3. The predicted molar refractivity (Wildman–Crippen MR) is 95.4 cm³/mol. The first-order chi connectivity index (χ1) is 11.9. The minimum Gasteiger partial charge on any atom is -0.489 e. The fourth-order valence-electron chi connectivity index (χ4n) is 2.76. The second-order valence-corrected chi connectivity index (χ2v) is 7.23. The molecule has 5 nitrogen and oxygen atoms in total. The van der Waals surface area contributed by atoms with Gasteiger partial charge in [-0.2, -0.15) is 0 Å². The zero-order chi connectivity index (χ0) is 17.9. The van der Waals surface area contributed by atoms with E-state index in [0.29, 0.717) is 19.7 Å². The molecular weight excluding hydrogens is 316 g/mol. The molecule has 1 aromatic carbocycles. The number of benzene rings is 1. The number of pyridine rings is 1. The molecule has 2 aromatic rings. The number of carbonyl (C=O) groups excluding carboxylic acids is 1. The van der Waals surface area contributed by atoms with Gasteiger partial charge in [0, 0.05) is 31.0 Å². The number of rotatable bonds is 3. The van der Waals surface area contributed by atoms with Crippen molar-refractivity contribution in [3.05, 3.63) is 59.4 Å². The number of hydrogen-bond donors (Lipinski definition) is 0. The molecule has 3 rings (SSSR count). The van der Waals surface area contributed by atoms with E-state index in [2.05, 4.69) is 11.1 Å². The highest BCUT2D eigenvalue weighted by molar-refractivity contribution is 5.68. The Morgan fingerprint density at radius 3 is 2.80 bits per heavy atom. The van der Waals surface area contributed by atoms with E-state index in [4.69, 9.17) is 9.47 Å². The van der Waals surface area contributed by atoms with Gasteiger partial charge in [0.15, 0.2) is 0 Å². The van der Waals surface area contributed by atoms with Gasteiger partial charge in [0.05, 0.1) is 0 Å². The summed E-state index contributed by atoms with van der Waals surface area (Å²) in [5, 5.41) is 0. The van der Waals surface area contributed by atoms with Crippen LogP contribution < -0.4 is 4.74 Å². The number of ether oxygens (including phenoxy) is 2. The van der Waals surface area contributed by atoms with E-state index >= 15 is 0 Å². The highest BCUT2D eigenvalue weighted by atomic mass is 16.6. The van der Waals surface area contributed by atoms with Crippen LogP contribution in [0, 0.1) is 0 Å². The van der Waals surface area contributed by atoms with Crippen molar-refractivity contribution in [2.24, 2.45) is 0 Å². The molecule has 0 bridgehead atoms. The number of hydrogen-bond acceptors (Lipinski definition) is 4. The summed E-state index contributed by atoms with van der Waals surface area (Å²) in [5.74, 6) is 0.800. The molecule has 0 N–H and O–H groups in total. The Kier molecular flexibility index (Phi) is 4.93. The zero-order valence-corrected chi connectivity index (χ0v) is 15.0. The van der Waals surface area contributed by atoms with Crippen molar-refractivity contribution >= 4 is 6.09 Å².